The summed E-state index contributed by atoms with van der Waals surface area (Å²) in [4.78, 5) is 26.1. The van der Waals surface area contributed by atoms with E-state index in [9.17, 15) is 18.0 Å². The molecule has 1 amide bonds. The maximum atomic E-state index is 13.2. The smallest absolute Gasteiger partial charge is 0.330 e. The molecule has 0 spiro atoms. The van der Waals surface area contributed by atoms with Crippen molar-refractivity contribution < 1.29 is 22.7 Å². The molecule has 1 heterocycles. The second-order valence-corrected chi connectivity index (χ2v) is 8.76. The first-order valence-corrected chi connectivity index (χ1v) is 10.8. The number of nitrogens with zero attached hydrogens (tertiary/aromatic N) is 1. The minimum Gasteiger partial charge on any atom is -0.467 e. The minimum atomic E-state index is -4.20. The van der Waals surface area contributed by atoms with E-state index in [2.05, 4.69) is 0 Å². The number of hydrogen-bond acceptors (Lipinski definition) is 6. The lowest BCUT2D eigenvalue weighted by atomic mass is 9.90. The largest absolute Gasteiger partial charge is 0.467 e. The molecule has 1 aliphatic rings. The van der Waals surface area contributed by atoms with Crippen molar-refractivity contribution in [2.24, 2.45) is 5.92 Å². The molecule has 26 heavy (non-hydrogen) atoms. The summed E-state index contributed by atoms with van der Waals surface area (Å²) < 4.78 is 32.0. The van der Waals surface area contributed by atoms with E-state index in [0.717, 1.165) is 10.5 Å². The van der Waals surface area contributed by atoms with Gasteiger partial charge in [0.25, 0.3) is 15.9 Å². The molecule has 1 aliphatic heterocycles. The molecule has 0 N–H and O–H groups in total. The maximum absolute atomic E-state index is 13.2. The highest BCUT2D eigenvalue weighted by molar-refractivity contribution is 8.02. The highest BCUT2D eigenvalue weighted by Gasteiger charge is 2.49. The number of hydrogen-bond donors (Lipinski definition) is 0. The van der Waals surface area contributed by atoms with Crippen LogP contribution in [0.5, 0.6) is 0 Å². The van der Waals surface area contributed by atoms with Crippen LogP contribution in [0.2, 0.25) is 0 Å². The van der Waals surface area contributed by atoms with Gasteiger partial charge >= 0.3 is 5.97 Å². The van der Waals surface area contributed by atoms with Gasteiger partial charge in [0, 0.05) is 11.5 Å². The van der Waals surface area contributed by atoms with Crippen LogP contribution in [0.25, 0.3) is 0 Å². The zero-order valence-corrected chi connectivity index (χ0v) is 17.1. The molecular weight excluding hydrogens is 374 g/mol. The Morgan fingerprint density at radius 2 is 1.81 bits per heavy atom. The average molecular weight is 398 g/mol. The fourth-order valence-electron chi connectivity index (χ4n) is 3.16. The van der Waals surface area contributed by atoms with Crippen molar-refractivity contribution in [3.05, 3.63) is 40.3 Å². The fraction of sp³-hybridized carbons (Fsp3) is 0.444. The zero-order chi connectivity index (χ0) is 19.6. The third kappa shape index (κ3) is 3.40. The van der Waals surface area contributed by atoms with Crippen LogP contribution in [0, 0.1) is 12.8 Å². The summed E-state index contributed by atoms with van der Waals surface area (Å²) in [5, 5.41) is 0. The van der Waals surface area contributed by atoms with Gasteiger partial charge in [-0.15, -0.1) is 11.8 Å². The number of ether oxygens (including phenoxy) is 1. The van der Waals surface area contributed by atoms with Crippen LogP contribution in [0.4, 0.5) is 0 Å². The summed E-state index contributed by atoms with van der Waals surface area (Å²) >= 11 is 1.36. The van der Waals surface area contributed by atoms with Crippen LogP contribution < -0.4 is 0 Å². The topological polar surface area (TPSA) is 80.8 Å². The number of amides is 1. The molecule has 8 heteroatoms. The van der Waals surface area contributed by atoms with E-state index in [1.807, 2.05) is 20.1 Å². The summed E-state index contributed by atoms with van der Waals surface area (Å²) in [6.07, 6.45) is 2.31. The van der Waals surface area contributed by atoms with E-state index in [1.54, 1.807) is 19.1 Å². The number of esters is 1. The summed E-state index contributed by atoms with van der Waals surface area (Å²) in [5.41, 5.74) is 1.24. The minimum absolute atomic E-state index is 0.0272. The standard InChI is InChI=1S/C18H23NO5S2/c1-6-14-15(18(21)24-4)19(17(20)12(3)16(14)25-5)26(22,23)13-9-7-11(2)8-10-13/h7-10,14-15H,6H2,1-5H3/t14-,15+/m0/s1. The third-order valence-corrected chi connectivity index (χ3v) is 7.37. The van der Waals surface area contributed by atoms with Gasteiger partial charge in [0.05, 0.1) is 12.0 Å². The summed E-state index contributed by atoms with van der Waals surface area (Å²) in [6, 6.07) is 4.98. The Balaban J connectivity index is 2.70. The number of thioether (sulfide) groups is 1. The molecule has 0 saturated heterocycles. The highest BCUT2D eigenvalue weighted by Crippen LogP contribution is 2.40. The Bertz CT molecular complexity index is 843. The van der Waals surface area contributed by atoms with Crippen LogP contribution >= 0.6 is 11.8 Å². The van der Waals surface area contributed by atoms with E-state index < -0.39 is 33.9 Å². The van der Waals surface area contributed by atoms with Crippen LogP contribution in [-0.2, 0) is 24.3 Å². The molecule has 0 radical (unpaired) electrons. The van der Waals surface area contributed by atoms with Crippen LogP contribution in [0.15, 0.2) is 39.6 Å². The number of aryl methyl sites for hydroxylation is 1. The van der Waals surface area contributed by atoms with E-state index in [-0.39, 0.29) is 4.90 Å². The molecule has 1 aromatic rings. The second-order valence-electron chi connectivity index (χ2n) is 6.10. The van der Waals surface area contributed by atoms with E-state index in [0.29, 0.717) is 16.3 Å². The van der Waals surface area contributed by atoms with Crippen molar-refractivity contribution in [3.8, 4) is 0 Å². The number of carbonyl (C=O) groups is 2. The number of sulfonamides is 1. The molecule has 0 saturated carbocycles. The molecule has 0 fully saturated rings. The summed E-state index contributed by atoms with van der Waals surface area (Å²) in [5.74, 6) is -1.86. The molecule has 142 valence electrons. The third-order valence-electron chi connectivity index (χ3n) is 4.54. The predicted octanol–water partition coefficient (Wildman–Crippen LogP) is 2.73. The molecule has 0 aromatic heterocycles. The van der Waals surface area contributed by atoms with Crippen molar-refractivity contribution in [3.63, 3.8) is 0 Å². The number of carbonyl (C=O) groups excluding carboxylic acids is 2. The number of benzene rings is 1. The Hall–Kier alpha value is -1.80. The highest BCUT2D eigenvalue weighted by atomic mass is 32.2. The summed E-state index contributed by atoms with van der Waals surface area (Å²) in [6.45, 7) is 5.29. The van der Waals surface area contributed by atoms with Crippen molar-refractivity contribution in [1.29, 1.82) is 0 Å². The average Bonchev–Trinajstić information content (AvgIpc) is 2.62. The lowest BCUT2D eigenvalue weighted by Crippen LogP contribution is -2.55. The van der Waals surface area contributed by atoms with Gasteiger partial charge in [-0.1, -0.05) is 24.6 Å². The lowest BCUT2D eigenvalue weighted by molar-refractivity contribution is -0.150. The van der Waals surface area contributed by atoms with Crippen LogP contribution in [-0.4, -0.2) is 44.0 Å². The molecule has 2 rings (SSSR count). The molecule has 0 unspecified atom stereocenters. The normalized spacial score (nSPS) is 21.1. The lowest BCUT2D eigenvalue weighted by Gasteiger charge is -2.39. The molecular formula is C18H23NO5S2. The van der Waals surface area contributed by atoms with Crippen LogP contribution in [0.1, 0.15) is 25.8 Å². The fourth-order valence-corrected chi connectivity index (χ4v) is 5.74. The molecule has 0 bridgehead atoms. The van der Waals surface area contributed by atoms with Crippen LogP contribution in [0.3, 0.4) is 0 Å². The van der Waals surface area contributed by atoms with E-state index in [4.69, 9.17) is 4.74 Å². The van der Waals surface area contributed by atoms with Gasteiger partial charge < -0.3 is 4.74 Å². The Labute approximate surface area is 158 Å². The van der Waals surface area contributed by atoms with E-state index >= 15 is 0 Å². The number of methoxy groups -OCH3 is 1. The Morgan fingerprint density at radius 3 is 2.27 bits per heavy atom. The zero-order valence-electron chi connectivity index (χ0n) is 15.5. The first kappa shape index (κ1) is 20.5. The molecule has 6 nitrogen and oxygen atoms in total. The van der Waals surface area contributed by atoms with Crippen molar-refractivity contribution in [2.75, 3.05) is 13.4 Å². The quantitative estimate of drug-likeness (QED) is 0.711. The van der Waals surface area contributed by atoms with Gasteiger partial charge in [-0.05, 0) is 43.6 Å². The number of rotatable bonds is 5. The second kappa shape index (κ2) is 7.84. The molecule has 2 atom stereocenters. The van der Waals surface area contributed by atoms with Gasteiger partial charge in [0.2, 0.25) is 0 Å². The molecule has 1 aromatic carbocycles. The van der Waals surface area contributed by atoms with Crippen molar-refractivity contribution in [1.82, 2.24) is 4.31 Å². The van der Waals surface area contributed by atoms with Gasteiger partial charge in [-0.2, -0.15) is 0 Å². The first-order chi connectivity index (χ1) is 12.2. The Morgan fingerprint density at radius 1 is 1.23 bits per heavy atom. The van der Waals surface area contributed by atoms with Gasteiger partial charge in [0.15, 0.2) is 6.04 Å². The predicted molar refractivity (Wildman–Crippen MR) is 101 cm³/mol. The van der Waals surface area contributed by atoms with Crippen molar-refractivity contribution in [2.45, 2.75) is 38.1 Å². The van der Waals surface area contributed by atoms with Crippen molar-refractivity contribution >= 4 is 33.7 Å². The van der Waals surface area contributed by atoms with Gasteiger partial charge in [0.1, 0.15) is 0 Å². The first-order valence-electron chi connectivity index (χ1n) is 8.18. The van der Waals surface area contributed by atoms with Gasteiger partial charge in [-0.3, -0.25) is 4.79 Å². The monoisotopic (exact) mass is 397 g/mol. The molecule has 0 aliphatic carbocycles. The van der Waals surface area contributed by atoms with E-state index in [1.165, 1.54) is 31.0 Å². The SMILES string of the molecule is CC[C@@H]1C(SC)=C(C)C(=O)N(S(=O)(=O)c2ccc(C)cc2)[C@H]1C(=O)OC. The maximum Gasteiger partial charge on any atom is 0.330 e. The Kier molecular flexibility index (Phi) is 6.18. The summed E-state index contributed by atoms with van der Waals surface area (Å²) in [7, 11) is -3.01. The van der Waals surface area contributed by atoms with Gasteiger partial charge in [-0.25, -0.2) is 17.5 Å².